The summed E-state index contributed by atoms with van der Waals surface area (Å²) >= 11 is 1.38. The number of pyridine rings is 1. The predicted octanol–water partition coefficient (Wildman–Crippen LogP) is 6.78. The Hall–Kier alpha value is -4.74. The van der Waals surface area contributed by atoms with Crippen molar-refractivity contribution in [1.82, 2.24) is 4.98 Å². The van der Waals surface area contributed by atoms with Crippen LogP contribution in [0.15, 0.2) is 94.4 Å². The zero-order valence-electron chi connectivity index (χ0n) is 20.7. The van der Waals surface area contributed by atoms with Crippen molar-refractivity contribution in [2.24, 2.45) is 0 Å². The van der Waals surface area contributed by atoms with Crippen molar-refractivity contribution in [1.29, 1.82) is 5.26 Å². The number of carbonyl (C=O) groups excluding carboxylic acids is 1. The molecule has 3 aromatic carbocycles. The van der Waals surface area contributed by atoms with E-state index in [0.29, 0.717) is 22.8 Å². The van der Waals surface area contributed by atoms with Gasteiger partial charge in [0.1, 0.15) is 28.9 Å². The van der Waals surface area contributed by atoms with Crippen molar-refractivity contribution in [3.63, 3.8) is 0 Å². The number of carbonyl (C=O) groups is 1. The van der Waals surface area contributed by atoms with Crippen molar-refractivity contribution >= 4 is 34.5 Å². The molecule has 38 heavy (non-hydrogen) atoms. The smallest absolute Gasteiger partial charge is 0.237 e. The fraction of sp³-hybridized carbons (Fsp3) is 0.100. The number of nitriles is 1. The summed E-state index contributed by atoms with van der Waals surface area (Å²) in [5, 5.41) is 13.9. The van der Waals surface area contributed by atoms with Gasteiger partial charge in [0.2, 0.25) is 11.8 Å². The number of hydrogen-bond acceptors (Lipinski definition) is 7. The van der Waals surface area contributed by atoms with Crippen molar-refractivity contribution < 1.29 is 18.7 Å². The first kappa shape index (κ1) is 24.9. The molecule has 0 spiro atoms. The number of thioether (sulfide) groups is 1. The van der Waals surface area contributed by atoms with Crippen molar-refractivity contribution in [3.05, 3.63) is 90.6 Å². The Morgan fingerprint density at radius 2 is 1.61 bits per heavy atom. The molecule has 5 rings (SSSR count). The number of methoxy groups -OCH3 is 2. The molecule has 0 saturated carbocycles. The molecule has 1 amide bonds. The van der Waals surface area contributed by atoms with Crippen LogP contribution in [0.1, 0.15) is 5.56 Å². The van der Waals surface area contributed by atoms with Gasteiger partial charge in [-0.05, 0) is 54.1 Å². The fourth-order valence-electron chi connectivity index (χ4n) is 4.10. The summed E-state index contributed by atoms with van der Waals surface area (Å²) in [5.74, 6) is 1.78. The molecule has 0 unspecified atom stereocenters. The fourth-order valence-corrected chi connectivity index (χ4v) is 4.94. The SMILES string of the molecule is COc1ccc(-c2oc(NC(=O)CSc3cccc4cccnc34)c(C#N)c2-c2ccc(OC)cc2)cc1. The van der Waals surface area contributed by atoms with E-state index in [1.54, 1.807) is 20.4 Å². The van der Waals surface area contributed by atoms with Gasteiger partial charge < -0.3 is 13.9 Å². The van der Waals surface area contributed by atoms with E-state index in [0.717, 1.165) is 26.9 Å². The maximum Gasteiger partial charge on any atom is 0.237 e. The number of nitrogens with zero attached hydrogens (tertiary/aromatic N) is 2. The molecular weight excluding hydrogens is 498 g/mol. The second-order valence-corrected chi connectivity index (χ2v) is 9.26. The number of furan rings is 1. The highest BCUT2D eigenvalue weighted by atomic mass is 32.2. The molecule has 0 fully saturated rings. The maximum absolute atomic E-state index is 13.0. The number of aromatic nitrogens is 1. The van der Waals surface area contributed by atoms with E-state index < -0.39 is 0 Å². The van der Waals surface area contributed by atoms with Crippen LogP contribution in [0.5, 0.6) is 11.5 Å². The van der Waals surface area contributed by atoms with E-state index in [-0.39, 0.29) is 23.1 Å². The van der Waals surface area contributed by atoms with Crippen LogP contribution < -0.4 is 14.8 Å². The highest BCUT2D eigenvalue weighted by molar-refractivity contribution is 8.00. The van der Waals surface area contributed by atoms with Crippen molar-refractivity contribution in [3.8, 4) is 40.0 Å². The number of rotatable bonds is 8. The van der Waals surface area contributed by atoms with Crippen LogP contribution in [0.2, 0.25) is 0 Å². The summed E-state index contributed by atoms with van der Waals surface area (Å²) in [6.45, 7) is 0. The molecule has 0 aliphatic carbocycles. The number of para-hydroxylation sites is 1. The minimum atomic E-state index is -0.296. The second kappa shape index (κ2) is 11.1. The zero-order valence-corrected chi connectivity index (χ0v) is 21.5. The van der Waals surface area contributed by atoms with Gasteiger partial charge in [-0.25, -0.2) is 0 Å². The lowest BCUT2D eigenvalue weighted by Crippen LogP contribution is -2.14. The lowest BCUT2D eigenvalue weighted by atomic mass is 9.98. The van der Waals surface area contributed by atoms with Gasteiger partial charge in [0.25, 0.3) is 0 Å². The molecule has 0 aliphatic rings. The number of ether oxygens (including phenoxy) is 2. The third-order valence-corrected chi connectivity index (χ3v) is 7.01. The Kier molecular flexibility index (Phi) is 7.29. The van der Waals surface area contributed by atoms with Gasteiger partial charge in [-0.1, -0.05) is 30.3 Å². The van der Waals surface area contributed by atoms with Crippen LogP contribution in [0.25, 0.3) is 33.4 Å². The topological polar surface area (TPSA) is 97.4 Å². The summed E-state index contributed by atoms with van der Waals surface area (Å²) in [5.41, 5.74) is 3.17. The maximum atomic E-state index is 13.0. The van der Waals surface area contributed by atoms with Gasteiger partial charge in [-0.3, -0.25) is 15.1 Å². The number of amides is 1. The molecule has 188 valence electrons. The quantitative estimate of drug-likeness (QED) is 0.225. The summed E-state index contributed by atoms with van der Waals surface area (Å²) in [6, 6.07) is 26.6. The van der Waals surface area contributed by atoms with E-state index in [2.05, 4.69) is 16.4 Å². The number of hydrogen-bond donors (Lipinski definition) is 1. The highest BCUT2D eigenvalue weighted by Crippen LogP contribution is 2.42. The molecule has 1 N–H and O–H groups in total. The van der Waals surface area contributed by atoms with Crippen molar-refractivity contribution in [2.75, 3.05) is 25.3 Å². The molecule has 2 heterocycles. The molecule has 7 nitrogen and oxygen atoms in total. The van der Waals surface area contributed by atoms with Crippen LogP contribution in [0, 0.1) is 11.3 Å². The normalized spacial score (nSPS) is 10.7. The van der Waals surface area contributed by atoms with E-state index in [4.69, 9.17) is 13.9 Å². The first-order valence-electron chi connectivity index (χ1n) is 11.7. The molecule has 0 saturated heterocycles. The average Bonchev–Trinajstić information content (AvgIpc) is 3.33. The van der Waals surface area contributed by atoms with Gasteiger partial charge in [-0.2, -0.15) is 5.26 Å². The molecule has 0 aliphatic heterocycles. The van der Waals surface area contributed by atoms with E-state index >= 15 is 0 Å². The molecule has 0 bridgehead atoms. The lowest BCUT2D eigenvalue weighted by molar-refractivity contribution is -0.113. The van der Waals surface area contributed by atoms with E-state index in [1.165, 1.54) is 11.8 Å². The third kappa shape index (κ3) is 5.05. The van der Waals surface area contributed by atoms with Gasteiger partial charge in [0, 0.05) is 27.6 Å². The van der Waals surface area contributed by atoms with Crippen LogP contribution in [0.3, 0.4) is 0 Å². The number of anilines is 1. The first-order chi connectivity index (χ1) is 18.6. The molecular formula is C30H23N3O4S. The first-order valence-corrected chi connectivity index (χ1v) is 12.7. The minimum Gasteiger partial charge on any atom is -0.497 e. The second-order valence-electron chi connectivity index (χ2n) is 8.25. The number of nitrogens with one attached hydrogen (secondary N) is 1. The van der Waals surface area contributed by atoms with E-state index in [9.17, 15) is 10.1 Å². The standard InChI is InChI=1S/C30H23N3O4S/c1-35-22-12-8-19(9-13-22)27-24(17-31)30(37-29(27)21-10-14-23(36-2)15-11-21)33-26(34)18-38-25-7-3-5-20-6-4-16-32-28(20)25/h3-16H,18H2,1-2H3,(H,33,34). The van der Waals surface area contributed by atoms with Crippen LogP contribution in [0.4, 0.5) is 5.88 Å². The monoisotopic (exact) mass is 521 g/mol. The largest absolute Gasteiger partial charge is 0.497 e. The Morgan fingerprint density at radius 3 is 2.26 bits per heavy atom. The molecule has 5 aromatic rings. The van der Waals surface area contributed by atoms with Gasteiger partial charge in [0.05, 0.1) is 25.5 Å². The summed E-state index contributed by atoms with van der Waals surface area (Å²) in [6.07, 6.45) is 1.73. The van der Waals surface area contributed by atoms with Gasteiger partial charge >= 0.3 is 0 Å². The molecule has 0 atom stereocenters. The summed E-state index contributed by atoms with van der Waals surface area (Å²) in [7, 11) is 3.19. The Morgan fingerprint density at radius 1 is 0.947 bits per heavy atom. The van der Waals surface area contributed by atoms with Gasteiger partial charge in [0.15, 0.2) is 0 Å². The number of benzene rings is 3. The van der Waals surface area contributed by atoms with E-state index in [1.807, 2.05) is 78.9 Å². The lowest BCUT2D eigenvalue weighted by Gasteiger charge is -2.06. The van der Waals surface area contributed by atoms with Crippen LogP contribution >= 0.6 is 11.8 Å². The Bertz CT molecular complexity index is 1630. The Labute approximate surface area is 224 Å². The predicted molar refractivity (Wildman–Crippen MR) is 148 cm³/mol. The number of fused-ring (bicyclic) bond motifs is 1. The average molecular weight is 522 g/mol. The molecule has 8 heteroatoms. The van der Waals surface area contributed by atoms with Crippen LogP contribution in [-0.4, -0.2) is 30.9 Å². The minimum absolute atomic E-state index is 0.103. The summed E-state index contributed by atoms with van der Waals surface area (Å²) < 4.78 is 16.7. The molecule has 0 radical (unpaired) electrons. The Balaban J connectivity index is 1.47. The third-order valence-electron chi connectivity index (χ3n) is 5.96. The highest BCUT2D eigenvalue weighted by Gasteiger charge is 2.24. The van der Waals surface area contributed by atoms with Gasteiger partial charge in [-0.15, -0.1) is 11.8 Å². The van der Waals surface area contributed by atoms with Crippen molar-refractivity contribution in [2.45, 2.75) is 4.90 Å². The van der Waals surface area contributed by atoms with Crippen LogP contribution in [-0.2, 0) is 4.79 Å². The summed E-state index contributed by atoms with van der Waals surface area (Å²) in [4.78, 5) is 18.3. The molecule has 2 aromatic heterocycles. The zero-order chi connectivity index (χ0) is 26.5.